The number of nitrogens with one attached hydrogen (secondary N) is 1. The lowest BCUT2D eigenvalue weighted by atomic mass is 10.1. The van der Waals surface area contributed by atoms with Crippen LogP contribution in [0.15, 0.2) is 48.5 Å². The van der Waals surface area contributed by atoms with E-state index < -0.39 is 11.9 Å². The van der Waals surface area contributed by atoms with Crippen LogP contribution in [0.3, 0.4) is 0 Å². The van der Waals surface area contributed by atoms with Gasteiger partial charge in [0.25, 0.3) is 0 Å². The fourth-order valence-electron chi connectivity index (χ4n) is 2.01. The molecule has 4 nitrogen and oxygen atoms in total. The zero-order valence-corrected chi connectivity index (χ0v) is 13.1. The van der Waals surface area contributed by atoms with E-state index in [-0.39, 0.29) is 12.3 Å². The lowest BCUT2D eigenvalue weighted by molar-refractivity contribution is -0.127. The van der Waals surface area contributed by atoms with E-state index in [9.17, 15) is 9.59 Å². The molecule has 1 unspecified atom stereocenters. The van der Waals surface area contributed by atoms with Crippen molar-refractivity contribution in [3.8, 4) is 0 Å². The highest BCUT2D eigenvalue weighted by molar-refractivity contribution is 6.35. The number of primary amides is 1. The second-order valence-electron chi connectivity index (χ2n) is 4.73. The Morgan fingerprint density at radius 2 is 1.77 bits per heavy atom. The third kappa shape index (κ3) is 4.23. The first-order valence-corrected chi connectivity index (χ1v) is 7.30. The quantitative estimate of drug-likeness (QED) is 0.881. The van der Waals surface area contributed by atoms with E-state index in [0.29, 0.717) is 21.2 Å². The van der Waals surface area contributed by atoms with Gasteiger partial charge in [0.05, 0.1) is 6.42 Å². The Labute approximate surface area is 138 Å². The predicted molar refractivity (Wildman–Crippen MR) is 86.7 cm³/mol. The molecular formula is C16H14Cl2N2O2. The zero-order chi connectivity index (χ0) is 16.1. The van der Waals surface area contributed by atoms with Crippen molar-refractivity contribution < 1.29 is 9.59 Å². The number of hydrogen-bond donors (Lipinski definition) is 2. The molecule has 0 aliphatic carbocycles. The maximum Gasteiger partial charge on any atom is 0.244 e. The maximum absolute atomic E-state index is 12.1. The Kier molecular flexibility index (Phi) is 5.41. The van der Waals surface area contributed by atoms with Crippen LogP contribution in [0, 0.1) is 0 Å². The summed E-state index contributed by atoms with van der Waals surface area (Å²) in [6.07, 6.45) is 0.0343. The van der Waals surface area contributed by atoms with E-state index in [1.807, 2.05) is 6.07 Å². The van der Waals surface area contributed by atoms with Crippen LogP contribution in [0.2, 0.25) is 10.0 Å². The minimum absolute atomic E-state index is 0.0343. The van der Waals surface area contributed by atoms with E-state index in [1.54, 1.807) is 42.5 Å². The van der Waals surface area contributed by atoms with Gasteiger partial charge in [-0.05, 0) is 23.3 Å². The van der Waals surface area contributed by atoms with E-state index in [4.69, 9.17) is 28.9 Å². The molecule has 2 aromatic rings. The molecule has 1 atom stereocenters. The van der Waals surface area contributed by atoms with E-state index in [0.717, 1.165) is 0 Å². The van der Waals surface area contributed by atoms with Crippen molar-refractivity contribution in [2.75, 3.05) is 0 Å². The van der Waals surface area contributed by atoms with Crippen LogP contribution in [0.4, 0.5) is 0 Å². The van der Waals surface area contributed by atoms with Gasteiger partial charge in [0.2, 0.25) is 11.8 Å². The standard InChI is InChI=1S/C16H14Cl2N2O2/c17-12-7-6-11(13(18)9-12)8-14(21)20-15(16(19)22)10-4-2-1-3-5-10/h1-7,9,15H,8H2,(H2,19,22)(H,20,21). The number of benzene rings is 2. The highest BCUT2D eigenvalue weighted by Gasteiger charge is 2.20. The van der Waals surface area contributed by atoms with Crippen molar-refractivity contribution in [2.24, 2.45) is 5.73 Å². The number of carbonyl (C=O) groups excluding carboxylic acids is 2. The van der Waals surface area contributed by atoms with E-state index in [2.05, 4.69) is 5.32 Å². The first-order chi connectivity index (χ1) is 10.5. The fraction of sp³-hybridized carbons (Fsp3) is 0.125. The van der Waals surface area contributed by atoms with Crippen molar-refractivity contribution in [2.45, 2.75) is 12.5 Å². The summed E-state index contributed by atoms with van der Waals surface area (Å²) in [5, 5.41) is 3.51. The second-order valence-corrected chi connectivity index (χ2v) is 5.57. The Balaban J connectivity index is 2.10. The molecule has 3 N–H and O–H groups in total. The van der Waals surface area contributed by atoms with Crippen molar-refractivity contribution in [3.05, 3.63) is 69.7 Å². The summed E-state index contributed by atoms with van der Waals surface area (Å²) in [7, 11) is 0. The minimum atomic E-state index is -0.875. The van der Waals surface area contributed by atoms with Gasteiger partial charge in [-0.15, -0.1) is 0 Å². The molecule has 0 spiro atoms. The number of hydrogen-bond acceptors (Lipinski definition) is 2. The normalized spacial score (nSPS) is 11.7. The van der Waals surface area contributed by atoms with Crippen molar-refractivity contribution in [3.63, 3.8) is 0 Å². The number of carbonyl (C=O) groups is 2. The maximum atomic E-state index is 12.1. The van der Waals surface area contributed by atoms with Gasteiger partial charge >= 0.3 is 0 Å². The first-order valence-electron chi connectivity index (χ1n) is 6.55. The van der Waals surface area contributed by atoms with Gasteiger partial charge in [0, 0.05) is 10.0 Å². The highest BCUT2D eigenvalue weighted by atomic mass is 35.5. The molecule has 114 valence electrons. The molecule has 0 aromatic heterocycles. The third-order valence-electron chi connectivity index (χ3n) is 3.09. The second kappa shape index (κ2) is 7.29. The summed E-state index contributed by atoms with van der Waals surface area (Å²) in [5.41, 5.74) is 6.62. The monoisotopic (exact) mass is 336 g/mol. The molecule has 0 saturated heterocycles. The molecule has 22 heavy (non-hydrogen) atoms. The number of rotatable bonds is 5. The van der Waals surface area contributed by atoms with Gasteiger partial charge in [0.15, 0.2) is 0 Å². The largest absolute Gasteiger partial charge is 0.368 e. The summed E-state index contributed by atoms with van der Waals surface area (Å²) < 4.78 is 0. The summed E-state index contributed by atoms with van der Waals surface area (Å²) in [6.45, 7) is 0. The summed E-state index contributed by atoms with van der Waals surface area (Å²) in [4.78, 5) is 23.7. The van der Waals surface area contributed by atoms with Gasteiger partial charge in [0.1, 0.15) is 6.04 Å². The average Bonchev–Trinajstić information content (AvgIpc) is 2.48. The van der Waals surface area contributed by atoms with Crippen LogP contribution in [0.5, 0.6) is 0 Å². The molecule has 0 saturated carbocycles. The molecule has 0 bridgehead atoms. The van der Waals surface area contributed by atoms with Gasteiger partial charge < -0.3 is 11.1 Å². The van der Waals surface area contributed by atoms with Crippen LogP contribution in [-0.4, -0.2) is 11.8 Å². The molecule has 0 fully saturated rings. The smallest absolute Gasteiger partial charge is 0.244 e. The van der Waals surface area contributed by atoms with Crippen LogP contribution < -0.4 is 11.1 Å². The predicted octanol–water partition coefficient (Wildman–Crippen LogP) is 2.88. The molecule has 0 radical (unpaired) electrons. The third-order valence-corrected chi connectivity index (χ3v) is 3.68. The summed E-state index contributed by atoms with van der Waals surface area (Å²) in [5.74, 6) is -0.973. The molecule has 2 amide bonds. The molecule has 2 rings (SSSR count). The average molecular weight is 337 g/mol. The van der Waals surface area contributed by atoms with Crippen molar-refractivity contribution >= 4 is 35.0 Å². The molecule has 0 aliphatic rings. The van der Waals surface area contributed by atoms with Crippen molar-refractivity contribution in [1.29, 1.82) is 0 Å². The Morgan fingerprint density at radius 1 is 1.09 bits per heavy atom. The van der Waals surface area contributed by atoms with Crippen LogP contribution >= 0.6 is 23.2 Å². The van der Waals surface area contributed by atoms with E-state index >= 15 is 0 Å². The van der Waals surface area contributed by atoms with Crippen molar-refractivity contribution in [1.82, 2.24) is 5.32 Å². The molecule has 6 heteroatoms. The lowest BCUT2D eigenvalue weighted by Crippen LogP contribution is -2.38. The number of halogens is 2. The molecule has 0 aliphatic heterocycles. The van der Waals surface area contributed by atoms with Crippen LogP contribution in [-0.2, 0) is 16.0 Å². The van der Waals surface area contributed by atoms with E-state index in [1.165, 1.54) is 0 Å². The molecule has 0 heterocycles. The topological polar surface area (TPSA) is 72.2 Å². The van der Waals surface area contributed by atoms with Crippen LogP contribution in [0.25, 0.3) is 0 Å². The van der Waals surface area contributed by atoms with Gasteiger partial charge in [-0.3, -0.25) is 9.59 Å². The van der Waals surface area contributed by atoms with Gasteiger partial charge in [-0.1, -0.05) is 59.6 Å². The van der Waals surface area contributed by atoms with Gasteiger partial charge in [-0.2, -0.15) is 0 Å². The van der Waals surface area contributed by atoms with Crippen LogP contribution in [0.1, 0.15) is 17.2 Å². The summed E-state index contributed by atoms with van der Waals surface area (Å²) in [6, 6.07) is 12.8. The zero-order valence-electron chi connectivity index (χ0n) is 11.6. The molecule has 2 aromatic carbocycles. The highest BCUT2D eigenvalue weighted by Crippen LogP contribution is 2.21. The molecular weight excluding hydrogens is 323 g/mol. The fourth-order valence-corrected chi connectivity index (χ4v) is 2.49. The van der Waals surface area contributed by atoms with Gasteiger partial charge in [-0.25, -0.2) is 0 Å². The SMILES string of the molecule is NC(=O)C(NC(=O)Cc1ccc(Cl)cc1Cl)c1ccccc1. The Bertz CT molecular complexity index is 690. The number of amides is 2. The lowest BCUT2D eigenvalue weighted by Gasteiger charge is -2.16. The number of nitrogens with two attached hydrogens (primary N) is 1. The Morgan fingerprint density at radius 3 is 2.36 bits per heavy atom. The summed E-state index contributed by atoms with van der Waals surface area (Å²) >= 11 is 11.8. The Hall–Kier alpha value is -2.04. The minimum Gasteiger partial charge on any atom is -0.368 e. The first kappa shape index (κ1) is 16.3.